The largest absolute Gasteiger partial charge is 0.489 e. The first-order valence-electron chi connectivity index (χ1n) is 10.0. The molecule has 31 heavy (non-hydrogen) atoms. The Morgan fingerprint density at radius 3 is 2.52 bits per heavy atom. The monoisotopic (exact) mass is 413 g/mol. The second-order valence-electron chi connectivity index (χ2n) is 7.03. The summed E-state index contributed by atoms with van der Waals surface area (Å²) in [5.74, 6) is 0.979. The summed E-state index contributed by atoms with van der Waals surface area (Å²) in [5.41, 5.74) is 5.54. The quantitative estimate of drug-likeness (QED) is 0.326. The molecule has 156 valence electrons. The number of H-pyrrole nitrogens is 1. The van der Waals surface area contributed by atoms with Crippen molar-refractivity contribution >= 4 is 23.0 Å². The van der Waals surface area contributed by atoms with E-state index in [4.69, 9.17) is 9.47 Å². The van der Waals surface area contributed by atoms with Gasteiger partial charge in [0.05, 0.1) is 6.21 Å². The van der Waals surface area contributed by atoms with Crippen molar-refractivity contribution in [3.8, 4) is 11.5 Å². The molecule has 0 saturated heterocycles. The number of nitrogens with one attached hydrogen (secondary N) is 2. The SMILES string of the molecule is CC(Oc1ccc(OCc2ccccc2)cc1)C(=O)NN=Cc1c[nH]c2ccccc12. The fraction of sp³-hybridized carbons (Fsp3) is 0.120. The molecule has 2 N–H and O–H groups in total. The number of fused-ring (bicyclic) bond motifs is 1. The van der Waals surface area contributed by atoms with Crippen molar-refractivity contribution in [1.29, 1.82) is 0 Å². The first-order chi connectivity index (χ1) is 15.2. The minimum Gasteiger partial charge on any atom is -0.489 e. The number of aromatic nitrogens is 1. The smallest absolute Gasteiger partial charge is 0.280 e. The Labute approximate surface area is 180 Å². The van der Waals surface area contributed by atoms with E-state index in [2.05, 4.69) is 15.5 Å². The van der Waals surface area contributed by atoms with Crippen LogP contribution in [-0.4, -0.2) is 23.2 Å². The third-order valence-corrected chi connectivity index (χ3v) is 4.75. The van der Waals surface area contributed by atoms with E-state index in [0.717, 1.165) is 27.8 Å². The Morgan fingerprint density at radius 1 is 1.00 bits per heavy atom. The number of para-hydroxylation sites is 1. The highest BCUT2D eigenvalue weighted by molar-refractivity contribution is 5.99. The van der Waals surface area contributed by atoms with Crippen LogP contribution >= 0.6 is 0 Å². The van der Waals surface area contributed by atoms with Crippen LogP contribution < -0.4 is 14.9 Å². The number of nitrogens with zero attached hydrogens (tertiary/aromatic N) is 1. The molecule has 0 radical (unpaired) electrons. The van der Waals surface area contributed by atoms with Crippen LogP contribution in [0.1, 0.15) is 18.1 Å². The van der Waals surface area contributed by atoms with Crippen LogP contribution in [0.25, 0.3) is 10.9 Å². The molecule has 4 aromatic rings. The molecule has 0 aliphatic rings. The number of carbonyl (C=O) groups excluding carboxylic acids is 1. The Hall–Kier alpha value is -4.06. The summed E-state index contributed by atoms with van der Waals surface area (Å²) in [5, 5.41) is 5.09. The Morgan fingerprint density at radius 2 is 1.71 bits per heavy atom. The van der Waals surface area contributed by atoms with Crippen molar-refractivity contribution in [3.63, 3.8) is 0 Å². The molecule has 1 aromatic heterocycles. The maximum Gasteiger partial charge on any atom is 0.280 e. The highest BCUT2D eigenvalue weighted by atomic mass is 16.5. The summed E-state index contributed by atoms with van der Waals surface area (Å²) in [6.07, 6.45) is 2.76. The van der Waals surface area contributed by atoms with Gasteiger partial charge >= 0.3 is 0 Å². The molecule has 0 saturated carbocycles. The molecule has 1 heterocycles. The van der Waals surface area contributed by atoms with Crippen LogP contribution in [-0.2, 0) is 11.4 Å². The van der Waals surface area contributed by atoms with Gasteiger partial charge in [0.1, 0.15) is 18.1 Å². The molecule has 6 heteroatoms. The highest BCUT2D eigenvalue weighted by Crippen LogP contribution is 2.20. The van der Waals surface area contributed by atoms with Gasteiger partial charge in [-0.15, -0.1) is 0 Å². The van der Waals surface area contributed by atoms with E-state index < -0.39 is 6.10 Å². The molecule has 1 amide bonds. The second-order valence-corrected chi connectivity index (χ2v) is 7.03. The average molecular weight is 413 g/mol. The number of amides is 1. The summed E-state index contributed by atoms with van der Waals surface area (Å²) in [7, 11) is 0. The molecule has 0 aliphatic carbocycles. The van der Waals surface area contributed by atoms with Gasteiger partial charge in [0, 0.05) is 22.7 Å². The molecule has 3 aromatic carbocycles. The second kappa shape index (κ2) is 9.63. The lowest BCUT2D eigenvalue weighted by Crippen LogP contribution is -2.33. The Kier molecular flexibility index (Phi) is 6.28. The van der Waals surface area contributed by atoms with E-state index in [0.29, 0.717) is 12.4 Å². The first kappa shape index (κ1) is 20.2. The fourth-order valence-electron chi connectivity index (χ4n) is 3.07. The molecular weight excluding hydrogens is 390 g/mol. The van der Waals surface area contributed by atoms with Crippen LogP contribution in [0, 0.1) is 0 Å². The van der Waals surface area contributed by atoms with Crippen LogP contribution in [0.15, 0.2) is 90.2 Å². The summed E-state index contributed by atoms with van der Waals surface area (Å²) in [6, 6.07) is 25.0. The van der Waals surface area contributed by atoms with Gasteiger partial charge in [-0.3, -0.25) is 4.79 Å². The molecule has 6 nitrogen and oxygen atoms in total. The third kappa shape index (κ3) is 5.30. The van der Waals surface area contributed by atoms with E-state index >= 15 is 0 Å². The van der Waals surface area contributed by atoms with Crippen molar-refractivity contribution < 1.29 is 14.3 Å². The molecular formula is C25H23N3O3. The van der Waals surface area contributed by atoms with Gasteiger partial charge in [-0.1, -0.05) is 48.5 Å². The van der Waals surface area contributed by atoms with Crippen molar-refractivity contribution in [2.75, 3.05) is 0 Å². The third-order valence-electron chi connectivity index (χ3n) is 4.75. The van der Waals surface area contributed by atoms with E-state index in [1.54, 1.807) is 25.3 Å². The highest BCUT2D eigenvalue weighted by Gasteiger charge is 2.14. The van der Waals surface area contributed by atoms with E-state index in [9.17, 15) is 4.79 Å². The van der Waals surface area contributed by atoms with Crippen LogP contribution in [0.5, 0.6) is 11.5 Å². The summed E-state index contributed by atoms with van der Waals surface area (Å²) in [6.45, 7) is 2.17. The van der Waals surface area contributed by atoms with Crippen molar-refractivity contribution in [3.05, 3.63) is 96.2 Å². The Balaban J connectivity index is 1.27. The molecule has 1 unspecified atom stereocenters. The Bertz CT molecular complexity index is 1170. The molecule has 0 bridgehead atoms. The van der Waals surface area contributed by atoms with Gasteiger partial charge in [-0.25, -0.2) is 5.43 Å². The number of hydrogen-bond donors (Lipinski definition) is 2. The first-order valence-corrected chi connectivity index (χ1v) is 10.0. The van der Waals surface area contributed by atoms with Gasteiger partial charge < -0.3 is 14.5 Å². The fourth-order valence-corrected chi connectivity index (χ4v) is 3.07. The normalized spacial score (nSPS) is 12.0. The summed E-state index contributed by atoms with van der Waals surface area (Å²) >= 11 is 0. The maximum absolute atomic E-state index is 12.3. The van der Waals surface area contributed by atoms with Crippen LogP contribution in [0.4, 0.5) is 0 Å². The lowest BCUT2D eigenvalue weighted by atomic mass is 10.2. The van der Waals surface area contributed by atoms with Gasteiger partial charge in [-0.05, 0) is 42.8 Å². The number of rotatable bonds is 8. The average Bonchev–Trinajstić information content (AvgIpc) is 3.22. The summed E-state index contributed by atoms with van der Waals surface area (Å²) < 4.78 is 11.5. The molecule has 4 rings (SSSR count). The number of hydrogen-bond acceptors (Lipinski definition) is 4. The number of hydrazone groups is 1. The van der Waals surface area contributed by atoms with Crippen molar-refractivity contribution in [1.82, 2.24) is 10.4 Å². The van der Waals surface area contributed by atoms with Crippen LogP contribution in [0.2, 0.25) is 0 Å². The number of carbonyl (C=O) groups is 1. The predicted octanol–water partition coefficient (Wildman–Crippen LogP) is 4.66. The number of ether oxygens (including phenoxy) is 2. The minimum absolute atomic E-state index is 0.333. The molecule has 0 aliphatic heterocycles. The van der Waals surface area contributed by atoms with E-state index in [1.807, 2.05) is 72.9 Å². The topological polar surface area (TPSA) is 75.7 Å². The molecule has 0 fully saturated rings. The lowest BCUT2D eigenvalue weighted by Gasteiger charge is -2.13. The number of aromatic amines is 1. The zero-order valence-electron chi connectivity index (χ0n) is 17.1. The lowest BCUT2D eigenvalue weighted by molar-refractivity contribution is -0.127. The van der Waals surface area contributed by atoms with Gasteiger partial charge in [-0.2, -0.15) is 5.10 Å². The minimum atomic E-state index is -0.698. The van der Waals surface area contributed by atoms with E-state index in [-0.39, 0.29) is 5.91 Å². The van der Waals surface area contributed by atoms with Gasteiger partial charge in [0.15, 0.2) is 6.10 Å². The maximum atomic E-state index is 12.3. The van der Waals surface area contributed by atoms with Crippen molar-refractivity contribution in [2.24, 2.45) is 5.10 Å². The summed E-state index contributed by atoms with van der Waals surface area (Å²) in [4.78, 5) is 15.4. The van der Waals surface area contributed by atoms with Gasteiger partial charge in [0.2, 0.25) is 0 Å². The zero-order chi connectivity index (χ0) is 21.5. The standard InChI is InChI=1S/C25H23N3O3/c1-18(25(29)28-27-16-20-15-26-24-10-6-5-9-23(20)24)31-22-13-11-21(12-14-22)30-17-19-7-3-2-4-8-19/h2-16,18,26H,17H2,1H3,(H,28,29). The zero-order valence-corrected chi connectivity index (χ0v) is 17.1. The van der Waals surface area contributed by atoms with E-state index in [1.165, 1.54) is 0 Å². The van der Waals surface area contributed by atoms with Gasteiger partial charge in [0.25, 0.3) is 5.91 Å². The van der Waals surface area contributed by atoms with Crippen molar-refractivity contribution in [2.45, 2.75) is 19.6 Å². The predicted molar refractivity (Wildman–Crippen MR) is 121 cm³/mol. The molecule has 1 atom stereocenters. The number of benzene rings is 3. The molecule has 0 spiro atoms. The van der Waals surface area contributed by atoms with Crippen LogP contribution in [0.3, 0.4) is 0 Å².